The molecule has 0 bridgehead atoms. The van der Waals surface area contributed by atoms with E-state index in [4.69, 9.17) is 5.73 Å². The predicted molar refractivity (Wildman–Crippen MR) is 94.1 cm³/mol. The van der Waals surface area contributed by atoms with Crippen LogP contribution in [0.2, 0.25) is 0 Å². The Hall–Kier alpha value is -1.10. The molecule has 0 saturated carbocycles. The van der Waals surface area contributed by atoms with Crippen molar-refractivity contribution in [3.05, 3.63) is 0 Å². The highest BCUT2D eigenvalue weighted by molar-refractivity contribution is 5.76. The molecule has 0 aromatic rings. The number of nitrogens with one attached hydrogen (secondary N) is 1. The number of ether oxygens (including phenoxy) is 1. The minimum absolute atomic E-state index is 0.133. The first-order valence-electron chi connectivity index (χ1n) is 9.22. The molecule has 23 heavy (non-hydrogen) atoms. The Morgan fingerprint density at radius 2 is 1.57 bits per heavy atom. The van der Waals surface area contributed by atoms with Crippen molar-refractivity contribution < 1.29 is 14.3 Å². The number of unbranched alkanes of at least 4 members (excludes halogenated alkanes) is 8. The van der Waals surface area contributed by atoms with Crippen LogP contribution >= 0.6 is 0 Å². The van der Waals surface area contributed by atoms with Gasteiger partial charge in [0, 0.05) is 13.0 Å². The van der Waals surface area contributed by atoms with Crippen LogP contribution in [0.25, 0.3) is 0 Å². The van der Waals surface area contributed by atoms with Crippen molar-refractivity contribution >= 4 is 11.9 Å². The van der Waals surface area contributed by atoms with E-state index >= 15 is 0 Å². The summed E-state index contributed by atoms with van der Waals surface area (Å²) in [6.07, 6.45) is 12.8. The zero-order valence-electron chi connectivity index (χ0n) is 15.1. The molecule has 0 aliphatic rings. The second kappa shape index (κ2) is 15.8. The fourth-order valence-corrected chi connectivity index (χ4v) is 2.49. The van der Waals surface area contributed by atoms with Crippen LogP contribution in [0, 0.1) is 0 Å². The highest BCUT2D eigenvalue weighted by Crippen LogP contribution is 2.09. The molecule has 0 rings (SSSR count). The zero-order valence-corrected chi connectivity index (χ0v) is 15.1. The number of carbonyl (C=O) groups excluding carboxylic acids is 2. The molecule has 0 heterocycles. The van der Waals surface area contributed by atoms with Gasteiger partial charge in [0.05, 0.1) is 7.11 Å². The Morgan fingerprint density at radius 1 is 0.957 bits per heavy atom. The molecule has 136 valence electrons. The number of hydrogen-bond acceptors (Lipinski definition) is 4. The number of methoxy groups -OCH3 is 1. The largest absolute Gasteiger partial charge is 0.468 e. The van der Waals surface area contributed by atoms with E-state index in [1.54, 1.807) is 0 Å². The Bertz CT molecular complexity index is 309. The Balaban J connectivity index is 3.33. The van der Waals surface area contributed by atoms with Gasteiger partial charge in [0.15, 0.2) is 0 Å². The monoisotopic (exact) mass is 328 g/mol. The third kappa shape index (κ3) is 14.2. The molecule has 0 spiro atoms. The summed E-state index contributed by atoms with van der Waals surface area (Å²) in [5.74, 6) is -0.239. The summed E-state index contributed by atoms with van der Waals surface area (Å²) in [5, 5.41) is 2.92. The minimum atomic E-state index is -0.548. The number of hydrogen-bond donors (Lipinski definition) is 2. The molecular weight excluding hydrogens is 292 g/mol. The third-order valence-electron chi connectivity index (χ3n) is 4.03. The number of nitrogens with two attached hydrogens (primary N) is 1. The van der Waals surface area contributed by atoms with E-state index < -0.39 is 6.04 Å². The van der Waals surface area contributed by atoms with E-state index in [0.717, 1.165) is 25.7 Å². The second-order valence-electron chi connectivity index (χ2n) is 6.20. The first-order valence-corrected chi connectivity index (χ1v) is 9.22. The molecule has 5 heteroatoms. The third-order valence-corrected chi connectivity index (χ3v) is 4.03. The van der Waals surface area contributed by atoms with E-state index in [1.807, 2.05) is 0 Å². The molecule has 0 saturated heterocycles. The van der Waals surface area contributed by atoms with Gasteiger partial charge in [0.1, 0.15) is 6.04 Å². The summed E-state index contributed by atoms with van der Waals surface area (Å²) in [5.41, 5.74) is 5.64. The quantitative estimate of drug-likeness (QED) is 0.357. The van der Waals surface area contributed by atoms with Gasteiger partial charge in [-0.15, -0.1) is 0 Å². The van der Waals surface area contributed by atoms with Crippen molar-refractivity contribution in [1.29, 1.82) is 0 Å². The maximum absolute atomic E-state index is 11.7. The van der Waals surface area contributed by atoms with Crippen LogP contribution in [0.15, 0.2) is 0 Å². The molecule has 0 radical (unpaired) electrons. The van der Waals surface area contributed by atoms with Gasteiger partial charge in [-0.2, -0.15) is 0 Å². The Labute approximate surface area is 141 Å². The number of carbonyl (C=O) groups is 2. The fourth-order valence-electron chi connectivity index (χ4n) is 2.49. The van der Waals surface area contributed by atoms with Crippen molar-refractivity contribution in [3.63, 3.8) is 0 Å². The van der Waals surface area contributed by atoms with Gasteiger partial charge in [-0.25, -0.2) is 0 Å². The number of amides is 1. The van der Waals surface area contributed by atoms with Crippen molar-refractivity contribution in [2.24, 2.45) is 5.73 Å². The van der Waals surface area contributed by atoms with Gasteiger partial charge in [-0.3, -0.25) is 9.59 Å². The fraction of sp³-hybridized carbons (Fsp3) is 0.889. The van der Waals surface area contributed by atoms with Crippen LogP contribution in [0.5, 0.6) is 0 Å². The van der Waals surface area contributed by atoms with Crippen molar-refractivity contribution in [3.8, 4) is 0 Å². The standard InChI is InChI=1S/C18H36N2O3/c1-3-4-5-6-7-8-9-10-14-17(21)20-15-12-11-13-16(19)18(22)23-2/h16H,3-15,19H2,1-2H3,(H,20,21)/t16-/m0/s1. The van der Waals surface area contributed by atoms with Gasteiger partial charge in [-0.05, 0) is 25.7 Å². The first-order chi connectivity index (χ1) is 11.1. The van der Waals surface area contributed by atoms with E-state index in [1.165, 1.54) is 45.6 Å². The number of esters is 1. The van der Waals surface area contributed by atoms with Crippen molar-refractivity contribution in [2.45, 2.75) is 90.0 Å². The highest BCUT2D eigenvalue weighted by atomic mass is 16.5. The van der Waals surface area contributed by atoms with Crippen molar-refractivity contribution in [1.82, 2.24) is 5.32 Å². The lowest BCUT2D eigenvalue weighted by atomic mass is 10.1. The molecule has 0 aliphatic carbocycles. The average molecular weight is 328 g/mol. The molecular formula is C18H36N2O3. The van der Waals surface area contributed by atoms with Crippen LogP contribution in [-0.4, -0.2) is 31.6 Å². The van der Waals surface area contributed by atoms with Gasteiger partial charge >= 0.3 is 5.97 Å². The summed E-state index contributed by atoms with van der Waals surface area (Å²) < 4.78 is 4.56. The first kappa shape index (κ1) is 21.9. The Morgan fingerprint density at radius 3 is 2.17 bits per heavy atom. The van der Waals surface area contributed by atoms with Crippen LogP contribution in [0.3, 0.4) is 0 Å². The molecule has 0 aromatic heterocycles. The summed E-state index contributed by atoms with van der Waals surface area (Å²) in [4.78, 5) is 22.8. The molecule has 1 atom stereocenters. The topological polar surface area (TPSA) is 81.4 Å². The van der Waals surface area contributed by atoms with E-state index in [9.17, 15) is 9.59 Å². The average Bonchev–Trinajstić information content (AvgIpc) is 2.55. The SMILES string of the molecule is CCCCCCCCCCC(=O)NCCCC[C@H](N)C(=O)OC. The summed E-state index contributed by atoms with van der Waals surface area (Å²) >= 11 is 0. The normalized spacial score (nSPS) is 12.0. The molecule has 0 aromatic carbocycles. The maximum atomic E-state index is 11.7. The van der Waals surface area contributed by atoms with Crippen molar-refractivity contribution in [2.75, 3.05) is 13.7 Å². The molecule has 5 nitrogen and oxygen atoms in total. The van der Waals surface area contributed by atoms with Gasteiger partial charge < -0.3 is 15.8 Å². The smallest absolute Gasteiger partial charge is 0.322 e. The highest BCUT2D eigenvalue weighted by Gasteiger charge is 2.12. The van der Waals surface area contributed by atoms with E-state index in [2.05, 4.69) is 17.0 Å². The lowest BCUT2D eigenvalue weighted by Gasteiger charge is -2.09. The summed E-state index contributed by atoms with van der Waals surface area (Å²) in [6, 6.07) is -0.548. The van der Waals surface area contributed by atoms with Gasteiger partial charge in [0.2, 0.25) is 5.91 Å². The van der Waals surface area contributed by atoms with E-state index in [0.29, 0.717) is 19.4 Å². The summed E-state index contributed by atoms with van der Waals surface area (Å²) in [6.45, 7) is 2.88. The van der Waals surface area contributed by atoms with Crippen LogP contribution in [0.4, 0.5) is 0 Å². The molecule has 0 unspecified atom stereocenters. The van der Waals surface area contributed by atoms with Crippen LogP contribution in [-0.2, 0) is 14.3 Å². The molecule has 3 N–H and O–H groups in total. The minimum Gasteiger partial charge on any atom is -0.468 e. The maximum Gasteiger partial charge on any atom is 0.322 e. The van der Waals surface area contributed by atoms with Gasteiger partial charge in [-0.1, -0.05) is 51.9 Å². The Kier molecular flexibility index (Phi) is 15.0. The number of rotatable bonds is 15. The molecule has 1 amide bonds. The predicted octanol–water partition coefficient (Wildman–Crippen LogP) is 3.30. The zero-order chi connectivity index (χ0) is 17.3. The second-order valence-corrected chi connectivity index (χ2v) is 6.20. The van der Waals surface area contributed by atoms with Crippen LogP contribution < -0.4 is 11.1 Å². The van der Waals surface area contributed by atoms with Gasteiger partial charge in [0.25, 0.3) is 0 Å². The lowest BCUT2D eigenvalue weighted by Crippen LogP contribution is -2.31. The summed E-state index contributed by atoms with van der Waals surface area (Å²) in [7, 11) is 1.34. The molecule has 0 fully saturated rings. The van der Waals surface area contributed by atoms with Crippen LogP contribution in [0.1, 0.15) is 84.0 Å². The van der Waals surface area contributed by atoms with E-state index in [-0.39, 0.29) is 11.9 Å². The molecule has 0 aliphatic heterocycles. The lowest BCUT2D eigenvalue weighted by molar-refractivity contribution is -0.142.